The molecule has 0 aliphatic carbocycles. The zero-order valence-corrected chi connectivity index (χ0v) is 11.2. The van der Waals surface area contributed by atoms with Gasteiger partial charge in [-0.3, -0.25) is 4.90 Å². The molecule has 1 atom stereocenters. The zero-order valence-electron chi connectivity index (χ0n) is 11.2. The fourth-order valence-electron chi connectivity index (χ4n) is 3.40. The van der Waals surface area contributed by atoms with Crippen LogP contribution in [0.2, 0.25) is 0 Å². The zero-order chi connectivity index (χ0) is 12.1. The Labute approximate surface area is 105 Å². The summed E-state index contributed by atoms with van der Waals surface area (Å²) in [6.45, 7) is 6.31. The van der Waals surface area contributed by atoms with Crippen LogP contribution in [0.25, 0.3) is 0 Å². The van der Waals surface area contributed by atoms with Crippen LogP contribution >= 0.6 is 0 Å². The number of nitrogens with zero attached hydrogens (tertiary/aromatic N) is 1. The van der Waals surface area contributed by atoms with E-state index in [0.717, 1.165) is 19.8 Å². The largest absolute Gasteiger partial charge is 0.383 e. The quantitative estimate of drug-likeness (QED) is 0.770. The van der Waals surface area contributed by atoms with Crippen LogP contribution in [0.4, 0.5) is 0 Å². The minimum absolute atomic E-state index is 0.544. The van der Waals surface area contributed by atoms with E-state index in [1.165, 1.54) is 38.9 Å². The van der Waals surface area contributed by atoms with Crippen molar-refractivity contribution >= 4 is 0 Å². The van der Waals surface area contributed by atoms with Crippen LogP contribution < -0.4 is 5.32 Å². The van der Waals surface area contributed by atoms with Crippen molar-refractivity contribution in [3.8, 4) is 0 Å². The molecule has 0 unspecified atom stereocenters. The average Bonchev–Trinajstić information content (AvgIpc) is 2.66. The number of hydrogen-bond donors (Lipinski definition) is 1. The Morgan fingerprint density at radius 3 is 2.65 bits per heavy atom. The van der Waals surface area contributed by atoms with Gasteiger partial charge in [0.2, 0.25) is 0 Å². The summed E-state index contributed by atoms with van der Waals surface area (Å²) in [4.78, 5) is 2.57. The third-order valence-electron chi connectivity index (χ3n) is 4.33. The molecule has 17 heavy (non-hydrogen) atoms. The molecule has 2 heterocycles. The maximum Gasteiger partial charge on any atom is 0.0618 e. The van der Waals surface area contributed by atoms with E-state index in [1.54, 1.807) is 7.11 Å². The number of methoxy groups -OCH3 is 2. The Morgan fingerprint density at radius 2 is 2.00 bits per heavy atom. The molecule has 1 N–H and O–H groups in total. The van der Waals surface area contributed by atoms with Gasteiger partial charge < -0.3 is 14.8 Å². The van der Waals surface area contributed by atoms with E-state index in [0.29, 0.717) is 11.5 Å². The summed E-state index contributed by atoms with van der Waals surface area (Å²) in [5, 5.41) is 3.47. The number of likely N-dealkylation sites (tertiary alicyclic amines) is 1. The van der Waals surface area contributed by atoms with Gasteiger partial charge in [-0.25, -0.2) is 0 Å². The van der Waals surface area contributed by atoms with Crippen molar-refractivity contribution in [2.24, 2.45) is 5.41 Å². The molecule has 100 valence electrons. The summed E-state index contributed by atoms with van der Waals surface area (Å²) in [5.74, 6) is 0. The second-order valence-electron chi connectivity index (χ2n) is 5.53. The first-order valence-electron chi connectivity index (χ1n) is 6.72. The first-order chi connectivity index (χ1) is 8.29. The van der Waals surface area contributed by atoms with Gasteiger partial charge in [-0.05, 0) is 37.8 Å². The lowest BCUT2D eigenvalue weighted by molar-refractivity contribution is 0.0900. The van der Waals surface area contributed by atoms with Crippen LogP contribution in [0, 0.1) is 5.41 Å². The maximum absolute atomic E-state index is 5.37. The molecule has 1 spiro atoms. The van der Waals surface area contributed by atoms with E-state index in [9.17, 15) is 0 Å². The highest BCUT2D eigenvalue weighted by Gasteiger charge is 2.43. The first kappa shape index (κ1) is 13.3. The summed E-state index contributed by atoms with van der Waals surface area (Å²) in [7, 11) is 3.59. The van der Waals surface area contributed by atoms with Crippen molar-refractivity contribution in [3.63, 3.8) is 0 Å². The predicted molar refractivity (Wildman–Crippen MR) is 68.3 cm³/mol. The number of hydrogen-bond acceptors (Lipinski definition) is 4. The van der Waals surface area contributed by atoms with Crippen molar-refractivity contribution in [2.45, 2.75) is 25.3 Å². The van der Waals surface area contributed by atoms with Crippen LogP contribution in [0.15, 0.2) is 0 Å². The highest BCUT2D eigenvalue weighted by atomic mass is 16.5. The number of rotatable bonds is 5. The van der Waals surface area contributed by atoms with Crippen LogP contribution in [-0.2, 0) is 9.47 Å². The highest BCUT2D eigenvalue weighted by Crippen LogP contribution is 2.41. The predicted octanol–water partition coefficient (Wildman–Crippen LogP) is 0.723. The normalized spacial score (nSPS) is 28.9. The Balaban J connectivity index is 1.94. The molecular formula is C13H26N2O2. The van der Waals surface area contributed by atoms with Gasteiger partial charge in [-0.2, -0.15) is 0 Å². The monoisotopic (exact) mass is 242 g/mol. The van der Waals surface area contributed by atoms with Crippen LogP contribution in [-0.4, -0.2) is 64.6 Å². The molecule has 4 heteroatoms. The highest BCUT2D eigenvalue weighted by molar-refractivity contribution is 4.98. The Hall–Kier alpha value is -0.160. The topological polar surface area (TPSA) is 33.7 Å². The van der Waals surface area contributed by atoms with Crippen molar-refractivity contribution in [2.75, 3.05) is 53.6 Å². The van der Waals surface area contributed by atoms with Gasteiger partial charge in [0.25, 0.3) is 0 Å². The fourth-order valence-corrected chi connectivity index (χ4v) is 3.40. The lowest BCUT2D eigenvalue weighted by Gasteiger charge is -2.33. The van der Waals surface area contributed by atoms with E-state index in [1.807, 2.05) is 7.11 Å². The molecule has 0 bridgehead atoms. The maximum atomic E-state index is 5.37. The molecule has 2 aliphatic rings. The molecule has 4 nitrogen and oxygen atoms in total. The number of ether oxygens (including phenoxy) is 2. The Morgan fingerprint density at radius 1 is 1.24 bits per heavy atom. The Bertz CT molecular complexity index is 229. The summed E-state index contributed by atoms with van der Waals surface area (Å²) >= 11 is 0. The van der Waals surface area contributed by atoms with Crippen LogP contribution in [0.1, 0.15) is 19.3 Å². The molecule has 0 radical (unpaired) electrons. The third-order valence-corrected chi connectivity index (χ3v) is 4.33. The summed E-state index contributed by atoms with van der Waals surface area (Å²) in [6.07, 6.45) is 3.93. The summed E-state index contributed by atoms with van der Waals surface area (Å²) in [6, 6.07) is 0.591. The molecular weight excluding hydrogens is 216 g/mol. The molecule has 0 aromatic rings. The lowest BCUT2D eigenvalue weighted by Crippen LogP contribution is -2.39. The fraction of sp³-hybridized carbons (Fsp3) is 1.00. The molecule has 2 aliphatic heterocycles. The van der Waals surface area contributed by atoms with Gasteiger partial charge in [0.1, 0.15) is 0 Å². The first-order valence-corrected chi connectivity index (χ1v) is 6.72. The van der Waals surface area contributed by atoms with E-state index >= 15 is 0 Å². The Kier molecular flexibility index (Phi) is 4.79. The lowest BCUT2D eigenvalue weighted by atomic mass is 9.77. The van der Waals surface area contributed by atoms with Crippen molar-refractivity contribution in [1.29, 1.82) is 0 Å². The summed E-state index contributed by atoms with van der Waals surface area (Å²) in [5.41, 5.74) is 0.544. The van der Waals surface area contributed by atoms with E-state index in [-0.39, 0.29) is 0 Å². The summed E-state index contributed by atoms with van der Waals surface area (Å²) < 4.78 is 10.6. The minimum atomic E-state index is 0.544. The van der Waals surface area contributed by atoms with Crippen molar-refractivity contribution in [3.05, 3.63) is 0 Å². The van der Waals surface area contributed by atoms with Crippen molar-refractivity contribution < 1.29 is 9.47 Å². The van der Waals surface area contributed by atoms with Gasteiger partial charge in [-0.15, -0.1) is 0 Å². The van der Waals surface area contributed by atoms with Gasteiger partial charge in [0, 0.05) is 33.4 Å². The van der Waals surface area contributed by atoms with Crippen LogP contribution in [0.3, 0.4) is 0 Å². The molecule has 0 amide bonds. The average molecular weight is 242 g/mol. The van der Waals surface area contributed by atoms with E-state index in [4.69, 9.17) is 9.47 Å². The van der Waals surface area contributed by atoms with Gasteiger partial charge in [0.05, 0.1) is 13.2 Å². The molecule has 0 aromatic heterocycles. The molecule has 2 fully saturated rings. The second kappa shape index (κ2) is 6.14. The van der Waals surface area contributed by atoms with E-state index < -0.39 is 0 Å². The minimum Gasteiger partial charge on any atom is -0.383 e. The van der Waals surface area contributed by atoms with E-state index in [2.05, 4.69) is 10.2 Å². The smallest absolute Gasteiger partial charge is 0.0618 e. The standard InChI is InChI=1S/C13H26N2O2/c1-16-8-7-15-11-13(3-5-14-6-4-13)9-12(15)10-17-2/h12,14H,3-11H2,1-2H3/t12-/m1/s1. The molecule has 0 saturated carbocycles. The third kappa shape index (κ3) is 3.19. The van der Waals surface area contributed by atoms with Crippen molar-refractivity contribution in [1.82, 2.24) is 10.2 Å². The van der Waals surface area contributed by atoms with Gasteiger partial charge in [-0.1, -0.05) is 0 Å². The molecule has 2 rings (SSSR count). The second-order valence-corrected chi connectivity index (χ2v) is 5.53. The number of piperidine rings is 1. The molecule has 0 aromatic carbocycles. The molecule has 2 saturated heterocycles. The van der Waals surface area contributed by atoms with Gasteiger partial charge >= 0.3 is 0 Å². The van der Waals surface area contributed by atoms with Gasteiger partial charge in [0.15, 0.2) is 0 Å². The van der Waals surface area contributed by atoms with Crippen LogP contribution in [0.5, 0.6) is 0 Å². The number of nitrogens with one attached hydrogen (secondary N) is 1. The SMILES string of the molecule is COCCN1CC2(CCNCC2)C[C@@H]1COC.